The van der Waals surface area contributed by atoms with Gasteiger partial charge in [0.15, 0.2) is 0 Å². The summed E-state index contributed by atoms with van der Waals surface area (Å²) in [5.41, 5.74) is 3.94. The minimum atomic E-state index is -0.439. The Morgan fingerprint density at radius 2 is 1.32 bits per heavy atom. The van der Waals surface area contributed by atoms with Crippen LogP contribution in [0.1, 0.15) is 16.7 Å². The average molecular weight is 459 g/mol. The van der Waals surface area contributed by atoms with E-state index in [0.29, 0.717) is 34.2 Å². The van der Waals surface area contributed by atoms with Gasteiger partial charge in [-0.05, 0) is 48.7 Å². The number of carbonyl (C=O) groups is 2. The van der Waals surface area contributed by atoms with Crippen molar-refractivity contribution >= 4 is 28.8 Å². The second-order valence-electron chi connectivity index (χ2n) is 7.94. The van der Waals surface area contributed by atoms with Crippen LogP contribution in [0, 0.1) is 13.8 Å². The number of hydrogen-bond acceptors (Lipinski definition) is 6. The normalized spacial score (nSPS) is 13.4. The number of ether oxygens (including phenoxy) is 3. The maximum Gasteiger partial charge on any atom is 0.282 e. The molecule has 0 unspecified atom stereocenters. The third-order valence-electron chi connectivity index (χ3n) is 5.69. The maximum absolute atomic E-state index is 13.7. The molecule has 3 aromatic rings. The van der Waals surface area contributed by atoms with Gasteiger partial charge in [-0.25, -0.2) is 4.90 Å². The molecule has 4 rings (SSSR count). The highest BCUT2D eigenvalue weighted by atomic mass is 16.5. The first kappa shape index (κ1) is 22.9. The zero-order valence-electron chi connectivity index (χ0n) is 19.8. The van der Waals surface area contributed by atoms with Gasteiger partial charge in [0.05, 0.1) is 32.6 Å². The predicted octanol–water partition coefficient (Wildman–Crippen LogP) is 4.73. The Balaban J connectivity index is 1.85. The lowest BCUT2D eigenvalue weighted by Gasteiger charge is -2.18. The van der Waals surface area contributed by atoms with Gasteiger partial charge in [0.25, 0.3) is 11.8 Å². The van der Waals surface area contributed by atoms with E-state index in [1.54, 1.807) is 63.8 Å². The van der Waals surface area contributed by atoms with Gasteiger partial charge < -0.3 is 19.5 Å². The topological polar surface area (TPSA) is 77.1 Å². The summed E-state index contributed by atoms with van der Waals surface area (Å²) in [5.74, 6) is 0.917. The highest BCUT2D eigenvalue weighted by Gasteiger charge is 2.41. The van der Waals surface area contributed by atoms with Crippen molar-refractivity contribution in [2.24, 2.45) is 0 Å². The first-order valence-electron chi connectivity index (χ1n) is 10.7. The van der Waals surface area contributed by atoms with Crippen LogP contribution in [0.5, 0.6) is 17.2 Å². The fourth-order valence-electron chi connectivity index (χ4n) is 3.87. The minimum absolute atomic E-state index is 0.173. The summed E-state index contributed by atoms with van der Waals surface area (Å²) in [6, 6.07) is 17.9. The molecular weight excluding hydrogens is 432 g/mol. The second-order valence-corrected chi connectivity index (χ2v) is 7.94. The van der Waals surface area contributed by atoms with E-state index in [0.717, 1.165) is 11.1 Å². The van der Waals surface area contributed by atoms with Crippen LogP contribution in [-0.2, 0) is 9.59 Å². The van der Waals surface area contributed by atoms with E-state index < -0.39 is 11.8 Å². The van der Waals surface area contributed by atoms with Gasteiger partial charge in [-0.15, -0.1) is 0 Å². The zero-order chi connectivity index (χ0) is 24.4. The molecule has 0 saturated heterocycles. The average Bonchev–Trinajstić information content (AvgIpc) is 3.09. The fraction of sp³-hybridized carbons (Fsp3) is 0.185. The number of aryl methyl sites for hydroxylation is 2. The molecule has 0 atom stereocenters. The van der Waals surface area contributed by atoms with Gasteiger partial charge in [-0.3, -0.25) is 9.59 Å². The van der Waals surface area contributed by atoms with Crippen LogP contribution >= 0.6 is 0 Å². The largest absolute Gasteiger partial charge is 0.497 e. The number of anilines is 2. The molecule has 1 aliphatic heterocycles. The number of nitrogens with zero attached hydrogens (tertiary/aromatic N) is 1. The van der Waals surface area contributed by atoms with Crippen LogP contribution in [0.2, 0.25) is 0 Å². The molecule has 0 radical (unpaired) electrons. The van der Waals surface area contributed by atoms with Gasteiger partial charge in [-0.1, -0.05) is 24.3 Å². The standard InChI is InChI=1S/C27H26N2O5/c1-16-6-7-17(2)23(12-16)29-26(30)24(18-8-10-20(32-3)11-9-18)25(27(29)31)28-19-13-21(33-4)15-22(14-19)34-5/h6-15,28H,1-5H3. The Labute approximate surface area is 198 Å². The molecule has 3 aromatic carbocycles. The Morgan fingerprint density at radius 1 is 0.706 bits per heavy atom. The zero-order valence-corrected chi connectivity index (χ0v) is 19.8. The molecule has 1 heterocycles. The van der Waals surface area contributed by atoms with E-state index >= 15 is 0 Å². The van der Waals surface area contributed by atoms with Crippen molar-refractivity contribution < 1.29 is 23.8 Å². The van der Waals surface area contributed by atoms with E-state index in [2.05, 4.69) is 5.32 Å². The van der Waals surface area contributed by atoms with Crippen molar-refractivity contribution in [2.45, 2.75) is 13.8 Å². The highest BCUT2D eigenvalue weighted by molar-refractivity contribution is 6.46. The first-order valence-corrected chi connectivity index (χ1v) is 10.7. The number of nitrogens with one attached hydrogen (secondary N) is 1. The Hall–Kier alpha value is -4.26. The van der Waals surface area contributed by atoms with Crippen molar-refractivity contribution in [3.63, 3.8) is 0 Å². The molecule has 1 N–H and O–H groups in total. The number of rotatable bonds is 7. The van der Waals surface area contributed by atoms with Crippen molar-refractivity contribution in [3.8, 4) is 17.2 Å². The monoisotopic (exact) mass is 458 g/mol. The Bertz CT molecular complexity index is 1270. The third kappa shape index (κ3) is 4.20. The minimum Gasteiger partial charge on any atom is -0.497 e. The molecule has 0 bridgehead atoms. The van der Waals surface area contributed by atoms with Gasteiger partial charge in [-0.2, -0.15) is 0 Å². The SMILES string of the molecule is COc1ccc(C2=C(Nc3cc(OC)cc(OC)c3)C(=O)N(c3cc(C)ccc3C)C2=O)cc1. The summed E-state index contributed by atoms with van der Waals surface area (Å²) in [5, 5.41) is 3.16. The molecule has 0 aromatic heterocycles. The number of carbonyl (C=O) groups excluding carboxylic acids is 2. The highest BCUT2D eigenvalue weighted by Crippen LogP contribution is 2.37. The van der Waals surface area contributed by atoms with E-state index in [1.165, 1.54) is 4.90 Å². The lowest BCUT2D eigenvalue weighted by Crippen LogP contribution is -2.33. The lowest BCUT2D eigenvalue weighted by atomic mass is 10.0. The summed E-state index contributed by atoms with van der Waals surface area (Å²) < 4.78 is 16.0. The summed E-state index contributed by atoms with van der Waals surface area (Å²) in [6.07, 6.45) is 0. The summed E-state index contributed by atoms with van der Waals surface area (Å²) in [6.45, 7) is 3.80. The van der Waals surface area contributed by atoms with Crippen LogP contribution in [0.3, 0.4) is 0 Å². The van der Waals surface area contributed by atoms with Crippen LogP contribution in [0.25, 0.3) is 5.57 Å². The molecule has 0 spiro atoms. The summed E-state index contributed by atoms with van der Waals surface area (Å²) in [7, 11) is 4.67. The molecule has 7 heteroatoms. The van der Waals surface area contributed by atoms with Crippen molar-refractivity contribution in [2.75, 3.05) is 31.5 Å². The van der Waals surface area contributed by atoms with Crippen LogP contribution in [0.4, 0.5) is 11.4 Å². The van der Waals surface area contributed by atoms with Crippen LogP contribution < -0.4 is 24.4 Å². The van der Waals surface area contributed by atoms with Crippen molar-refractivity contribution in [3.05, 3.63) is 83.1 Å². The molecular formula is C27H26N2O5. The molecule has 2 amide bonds. The Kier molecular flexibility index (Phi) is 6.27. The van der Waals surface area contributed by atoms with Crippen molar-refractivity contribution in [1.29, 1.82) is 0 Å². The van der Waals surface area contributed by atoms with Gasteiger partial charge >= 0.3 is 0 Å². The van der Waals surface area contributed by atoms with E-state index in [-0.39, 0.29) is 11.3 Å². The quantitative estimate of drug-likeness (QED) is 0.516. The first-order chi connectivity index (χ1) is 16.4. The number of amides is 2. The molecule has 174 valence electrons. The molecule has 1 aliphatic rings. The molecule has 0 aliphatic carbocycles. The number of methoxy groups -OCH3 is 3. The van der Waals surface area contributed by atoms with E-state index in [4.69, 9.17) is 14.2 Å². The van der Waals surface area contributed by atoms with E-state index in [1.807, 2.05) is 32.0 Å². The van der Waals surface area contributed by atoms with Gasteiger partial charge in [0.1, 0.15) is 22.9 Å². The second kappa shape index (κ2) is 9.31. The van der Waals surface area contributed by atoms with Gasteiger partial charge in [0.2, 0.25) is 0 Å². The fourth-order valence-corrected chi connectivity index (χ4v) is 3.87. The Morgan fingerprint density at radius 3 is 1.91 bits per heavy atom. The molecule has 0 fully saturated rings. The number of imide groups is 1. The smallest absolute Gasteiger partial charge is 0.282 e. The molecule has 34 heavy (non-hydrogen) atoms. The summed E-state index contributed by atoms with van der Waals surface area (Å²) in [4.78, 5) is 28.6. The van der Waals surface area contributed by atoms with Gasteiger partial charge in [0, 0.05) is 23.9 Å². The number of benzene rings is 3. The van der Waals surface area contributed by atoms with E-state index in [9.17, 15) is 9.59 Å². The number of hydrogen-bond donors (Lipinski definition) is 1. The molecule has 0 saturated carbocycles. The third-order valence-corrected chi connectivity index (χ3v) is 5.69. The van der Waals surface area contributed by atoms with Crippen LogP contribution in [-0.4, -0.2) is 33.1 Å². The predicted molar refractivity (Wildman–Crippen MR) is 131 cm³/mol. The molecule has 7 nitrogen and oxygen atoms in total. The van der Waals surface area contributed by atoms with Crippen LogP contribution in [0.15, 0.2) is 66.4 Å². The lowest BCUT2D eigenvalue weighted by molar-refractivity contribution is -0.120. The maximum atomic E-state index is 13.7. The summed E-state index contributed by atoms with van der Waals surface area (Å²) >= 11 is 0. The van der Waals surface area contributed by atoms with Crippen molar-refractivity contribution in [1.82, 2.24) is 0 Å².